The number of nitrogens with zero attached hydrogens (tertiary/aromatic N) is 1. The van der Waals surface area contributed by atoms with Gasteiger partial charge >= 0.3 is 0 Å². The van der Waals surface area contributed by atoms with E-state index in [9.17, 15) is 4.79 Å². The number of rotatable bonds is 3. The molecule has 0 spiro atoms. The average Bonchev–Trinajstić information content (AvgIpc) is 3.03. The predicted molar refractivity (Wildman–Crippen MR) is 85.9 cm³/mol. The average molecular weight is 351 g/mol. The molecule has 1 N–H and O–H groups in total. The van der Waals surface area contributed by atoms with Crippen molar-refractivity contribution in [2.24, 2.45) is 11.8 Å². The van der Waals surface area contributed by atoms with Crippen LogP contribution in [0.3, 0.4) is 0 Å². The lowest BCUT2D eigenvalue weighted by Gasteiger charge is -1.99. The van der Waals surface area contributed by atoms with Crippen molar-refractivity contribution >= 4 is 38.3 Å². The van der Waals surface area contributed by atoms with Gasteiger partial charge in [-0.25, -0.2) is 4.98 Å². The van der Waals surface area contributed by atoms with E-state index in [1.165, 1.54) is 11.3 Å². The molecule has 0 bridgehead atoms. The maximum absolute atomic E-state index is 11.9. The molecule has 1 amide bonds. The van der Waals surface area contributed by atoms with Gasteiger partial charge in [0.05, 0.1) is 5.69 Å². The predicted octanol–water partition coefficient (Wildman–Crippen LogP) is 4.48. The second-order valence-corrected chi connectivity index (χ2v) is 7.36. The number of amides is 1. The van der Waals surface area contributed by atoms with Gasteiger partial charge in [0.15, 0.2) is 5.13 Å². The van der Waals surface area contributed by atoms with Crippen molar-refractivity contribution in [3.63, 3.8) is 0 Å². The number of aromatic nitrogens is 1. The van der Waals surface area contributed by atoms with Crippen molar-refractivity contribution in [2.45, 2.75) is 20.3 Å². The minimum atomic E-state index is 0.105. The van der Waals surface area contributed by atoms with Gasteiger partial charge in [0.2, 0.25) is 5.91 Å². The van der Waals surface area contributed by atoms with Crippen molar-refractivity contribution in [1.82, 2.24) is 4.98 Å². The molecule has 1 aliphatic carbocycles. The van der Waals surface area contributed by atoms with Crippen LogP contribution in [0.2, 0.25) is 0 Å². The van der Waals surface area contributed by atoms with Crippen molar-refractivity contribution in [3.8, 4) is 11.3 Å². The molecule has 5 heteroatoms. The number of aryl methyl sites for hydroxylation is 1. The largest absolute Gasteiger partial charge is 0.302 e. The van der Waals surface area contributed by atoms with Crippen LogP contribution in [-0.4, -0.2) is 10.9 Å². The molecular weight excluding hydrogens is 336 g/mol. The van der Waals surface area contributed by atoms with Gasteiger partial charge in [-0.05, 0) is 31.4 Å². The number of anilines is 1. The van der Waals surface area contributed by atoms with Crippen LogP contribution in [0, 0.1) is 18.8 Å². The Morgan fingerprint density at radius 2 is 2.05 bits per heavy atom. The van der Waals surface area contributed by atoms with Crippen molar-refractivity contribution in [1.29, 1.82) is 0 Å². The summed E-state index contributed by atoms with van der Waals surface area (Å²) in [5.41, 5.74) is 2.02. The number of carbonyl (C=O) groups excluding carboxylic acids is 1. The number of hydrogen-bond donors (Lipinski definition) is 1. The van der Waals surface area contributed by atoms with Gasteiger partial charge in [-0.3, -0.25) is 4.79 Å². The first-order valence-electron chi connectivity index (χ1n) is 6.59. The van der Waals surface area contributed by atoms with Crippen molar-refractivity contribution < 1.29 is 4.79 Å². The third-order valence-electron chi connectivity index (χ3n) is 3.59. The van der Waals surface area contributed by atoms with Gasteiger partial charge in [0, 0.05) is 20.8 Å². The summed E-state index contributed by atoms with van der Waals surface area (Å²) in [6.07, 6.45) is 0.996. The minimum Gasteiger partial charge on any atom is -0.302 e. The fourth-order valence-corrected chi connectivity index (χ4v) is 3.31. The van der Waals surface area contributed by atoms with Gasteiger partial charge in [0.1, 0.15) is 0 Å². The number of halogens is 1. The summed E-state index contributed by atoms with van der Waals surface area (Å²) < 4.78 is 1.05. The van der Waals surface area contributed by atoms with E-state index in [2.05, 4.69) is 33.2 Å². The zero-order valence-corrected chi connectivity index (χ0v) is 13.7. The quantitative estimate of drug-likeness (QED) is 0.886. The molecule has 1 aromatic carbocycles. The SMILES string of the molecule is Cc1sc(NC(=O)[C@H]2C[C@@H]2C)nc1-c1ccc(Br)cc1. The summed E-state index contributed by atoms with van der Waals surface area (Å²) in [7, 11) is 0. The molecule has 0 saturated heterocycles. The molecule has 0 unspecified atom stereocenters. The summed E-state index contributed by atoms with van der Waals surface area (Å²) in [5.74, 6) is 0.797. The molecule has 1 aliphatic rings. The summed E-state index contributed by atoms with van der Waals surface area (Å²) in [5, 5.41) is 3.63. The standard InChI is InChI=1S/C15H15BrN2OS/c1-8-7-12(8)14(19)18-15-17-13(9(2)20-15)10-3-5-11(16)6-4-10/h3-6,8,12H,7H2,1-2H3,(H,17,18,19)/t8-,12-/m0/s1. The first kappa shape index (κ1) is 13.8. The van der Waals surface area contributed by atoms with Gasteiger partial charge in [0.25, 0.3) is 0 Å². The molecule has 1 aromatic heterocycles. The molecule has 2 atom stereocenters. The Bertz CT molecular complexity index is 650. The highest BCUT2D eigenvalue weighted by Gasteiger charge is 2.39. The Labute approximate surface area is 130 Å². The first-order chi connectivity index (χ1) is 9.54. The monoisotopic (exact) mass is 350 g/mol. The molecule has 0 radical (unpaired) electrons. The van der Waals surface area contributed by atoms with Crippen LogP contribution in [-0.2, 0) is 4.79 Å². The maximum atomic E-state index is 11.9. The lowest BCUT2D eigenvalue weighted by atomic mass is 10.1. The highest BCUT2D eigenvalue weighted by molar-refractivity contribution is 9.10. The summed E-state index contributed by atoms with van der Waals surface area (Å²) in [6.45, 7) is 4.13. The van der Waals surface area contributed by atoms with E-state index in [1.807, 2.05) is 31.2 Å². The molecule has 1 fully saturated rings. The third kappa shape index (κ3) is 2.79. The van der Waals surface area contributed by atoms with Crippen LogP contribution in [0.4, 0.5) is 5.13 Å². The number of benzene rings is 1. The van der Waals surface area contributed by atoms with E-state index in [1.54, 1.807) is 0 Å². The zero-order chi connectivity index (χ0) is 14.3. The van der Waals surface area contributed by atoms with Crippen LogP contribution in [0.15, 0.2) is 28.7 Å². The number of nitrogens with one attached hydrogen (secondary N) is 1. The summed E-state index contributed by atoms with van der Waals surface area (Å²) in [4.78, 5) is 17.6. The smallest absolute Gasteiger partial charge is 0.229 e. The molecule has 3 rings (SSSR count). The van der Waals surface area contributed by atoms with Crippen molar-refractivity contribution in [2.75, 3.05) is 5.32 Å². The third-order valence-corrected chi connectivity index (χ3v) is 5.01. The van der Waals surface area contributed by atoms with E-state index < -0.39 is 0 Å². The molecule has 1 heterocycles. The zero-order valence-electron chi connectivity index (χ0n) is 11.3. The lowest BCUT2D eigenvalue weighted by Crippen LogP contribution is -2.14. The minimum absolute atomic E-state index is 0.105. The molecule has 1 saturated carbocycles. The van der Waals surface area contributed by atoms with E-state index in [4.69, 9.17) is 0 Å². The highest BCUT2D eigenvalue weighted by Crippen LogP contribution is 2.39. The fourth-order valence-electron chi connectivity index (χ4n) is 2.21. The molecule has 2 aromatic rings. The molecule has 0 aliphatic heterocycles. The molecule has 3 nitrogen and oxygen atoms in total. The van der Waals surface area contributed by atoms with Gasteiger partial charge in [-0.2, -0.15) is 0 Å². The molecular formula is C15H15BrN2OS. The summed E-state index contributed by atoms with van der Waals surface area (Å²) >= 11 is 4.96. The van der Waals surface area contributed by atoms with Gasteiger partial charge in [-0.15, -0.1) is 11.3 Å². The number of carbonyl (C=O) groups is 1. The van der Waals surface area contributed by atoms with Crippen LogP contribution in [0.5, 0.6) is 0 Å². The van der Waals surface area contributed by atoms with Crippen LogP contribution < -0.4 is 5.32 Å². The normalized spacial score (nSPS) is 20.8. The summed E-state index contributed by atoms with van der Waals surface area (Å²) in [6, 6.07) is 8.05. The van der Waals surface area contributed by atoms with E-state index >= 15 is 0 Å². The van der Waals surface area contributed by atoms with Gasteiger partial charge < -0.3 is 5.32 Å². The topological polar surface area (TPSA) is 42.0 Å². The Hall–Kier alpha value is -1.20. The van der Waals surface area contributed by atoms with E-state index in [-0.39, 0.29) is 11.8 Å². The Kier molecular flexibility index (Phi) is 3.65. The van der Waals surface area contributed by atoms with E-state index in [0.717, 1.165) is 27.0 Å². The fraction of sp³-hybridized carbons (Fsp3) is 0.333. The van der Waals surface area contributed by atoms with Crippen LogP contribution in [0.25, 0.3) is 11.3 Å². The molecule has 104 valence electrons. The first-order valence-corrected chi connectivity index (χ1v) is 8.20. The number of thiazole rings is 1. The van der Waals surface area contributed by atoms with Crippen LogP contribution >= 0.6 is 27.3 Å². The highest BCUT2D eigenvalue weighted by atomic mass is 79.9. The maximum Gasteiger partial charge on any atom is 0.229 e. The van der Waals surface area contributed by atoms with E-state index in [0.29, 0.717) is 11.0 Å². The second kappa shape index (κ2) is 5.30. The van der Waals surface area contributed by atoms with Crippen molar-refractivity contribution in [3.05, 3.63) is 33.6 Å². The van der Waals surface area contributed by atoms with Gasteiger partial charge in [-0.1, -0.05) is 35.0 Å². The lowest BCUT2D eigenvalue weighted by molar-refractivity contribution is -0.117. The molecule has 20 heavy (non-hydrogen) atoms. The Balaban J connectivity index is 1.80. The van der Waals surface area contributed by atoms with Crippen LogP contribution in [0.1, 0.15) is 18.2 Å². The Morgan fingerprint density at radius 3 is 2.65 bits per heavy atom. The number of hydrogen-bond acceptors (Lipinski definition) is 3. The Morgan fingerprint density at radius 1 is 1.40 bits per heavy atom. The second-order valence-electron chi connectivity index (χ2n) is 5.24.